The molecule has 1 N–H and O–H groups in total. The molecule has 0 aliphatic carbocycles. The molecule has 9 heteroatoms. The first-order chi connectivity index (χ1) is 13.2. The largest absolute Gasteiger partial charge is 0.334 e. The van der Waals surface area contributed by atoms with Crippen molar-refractivity contribution in [2.75, 3.05) is 20.6 Å². The second-order valence-corrected chi connectivity index (χ2v) is 8.86. The van der Waals surface area contributed by atoms with Crippen molar-refractivity contribution in [2.45, 2.75) is 26.4 Å². The summed E-state index contributed by atoms with van der Waals surface area (Å²) < 4.78 is 41.7. The van der Waals surface area contributed by atoms with Crippen LogP contribution in [0.2, 0.25) is 0 Å². The maximum absolute atomic E-state index is 14.0. The molecular formula is C19H23FN4O3S. The van der Waals surface area contributed by atoms with Crippen molar-refractivity contribution in [3.63, 3.8) is 0 Å². The predicted molar refractivity (Wildman–Crippen MR) is 103 cm³/mol. The molecule has 1 amide bonds. The van der Waals surface area contributed by atoms with Crippen LogP contribution in [0.3, 0.4) is 0 Å². The molecule has 0 saturated heterocycles. The van der Waals surface area contributed by atoms with Gasteiger partial charge in [-0.15, -0.1) is 0 Å². The molecule has 0 bridgehead atoms. The number of fused-ring (bicyclic) bond motifs is 1. The molecule has 1 aromatic heterocycles. The molecule has 1 aliphatic heterocycles. The highest BCUT2D eigenvalue weighted by atomic mass is 32.2. The highest BCUT2D eigenvalue weighted by Gasteiger charge is 2.26. The Hall–Kier alpha value is -2.36. The topological polar surface area (TPSA) is 82.6 Å². The standard InChI is InChI=1S/C19H23FN4O3S/c1-13-17(11-22-28(26,27)23(2)3)15-8-9-24(12-14(15)10-21-13)19(25)16-6-4-5-7-18(16)20/h4-7,10,22H,8-9,11-12H2,1-3H3. The normalized spacial score (nSPS) is 14.2. The summed E-state index contributed by atoms with van der Waals surface area (Å²) in [5.74, 6) is -0.904. The van der Waals surface area contributed by atoms with Gasteiger partial charge >= 0.3 is 0 Å². The molecule has 2 aromatic rings. The molecule has 150 valence electrons. The summed E-state index contributed by atoms with van der Waals surface area (Å²) in [5, 5.41) is 0. The minimum absolute atomic E-state index is 0.0463. The van der Waals surface area contributed by atoms with Gasteiger partial charge < -0.3 is 4.90 Å². The summed E-state index contributed by atoms with van der Waals surface area (Å²) in [5.41, 5.74) is 3.45. The Kier molecular flexibility index (Phi) is 5.78. The zero-order valence-corrected chi connectivity index (χ0v) is 16.9. The van der Waals surface area contributed by atoms with E-state index in [4.69, 9.17) is 0 Å². The van der Waals surface area contributed by atoms with E-state index in [1.807, 2.05) is 6.92 Å². The number of aryl methyl sites for hydroxylation is 1. The highest BCUT2D eigenvalue weighted by Crippen LogP contribution is 2.25. The molecule has 1 aliphatic rings. The van der Waals surface area contributed by atoms with Crippen LogP contribution in [-0.2, 0) is 29.7 Å². The molecule has 0 unspecified atom stereocenters. The van der Waals surface area contributed by atoms with Crippen molar-refractivity contribution in [2.24, 2.45) is 0 Å². The molecule has 1 aromatic carbocycles. The van der Waals surface area contributed by atoms with Crippen LogP contribution >= 0.6 is 0 Å². The molecule has 0 saturated carbocycles. The molecule has 0 spiro atoms. The van der Waals surface area contributed by atoms with Crippen molar-refractivity contribution < 1.29 is 17.6 Å². The van der Waals surface area contributed by atoms with Crippen LogP contribution in [0.15, 0.2) is 30.5 Å². The number of carbonyl (C=O) groups excluding carboxylic acids is 1. The van der Waals surface area contributed by atoms with Gasteiger partial charge in [-0.2, -0.15) is 17.4 Å². The third-order valence-corrected chi connectivity index (χ3v) is 6.37. The third-order valence-electron chi connectivity index (χ3n) is 4.90. The van der Waals surface area contributed by atoms with Crippen LogP contribution in [0.4, 0.5) is 4.39 Å². The first-order valence-electron chi connectivity index (χ1n) is 8.88. The van der Waals surface area contributed by atoms with Gasteiger partial charge in [0.1, 0.15) is 5.82 Å². The van der Waals surface area contributed by atoms with Gasteiger partial charge in [0.05, 0.1) is 5.56 Å². The Balaban J connectivity index is 1.83. The van der Waals surface area contributed by atoms with Gasteiger partial charge in [0.25, 0.3) is 16.1 Å². The summed E-state index contributed by atoms with van der Waals surface area (Å²) in [6.45, 7) is 2.69. The Morgan fingerprint density at radius 3 is 2.71 bits per heavy atom. The van der Waals surface area contributed by atoms with Crippen molar-refractivity contribution in [3.8, 4) is 0 Å². The molecule has 3 rings (SSSR count). The second-order valence-electron chi connectivity index (χ2n) is 6.89. The summed E-state index contributed by atoms with van der Waals surface area (Å²) in [7, 11) is -0.638. The average Bonchev–Trinajstić information content (AvgIpc) is 2.66. The average molecular weight is 406 g/mol. The highest BCUT2D eigenvalue weighted by molar-refractivity contribution is 7.87. The van der Waals surface area contributed by atoms with Crippen molar-refractivity contribution >= 4 is 16.1 Å². The van der Waals surface area contributed by atoms with Crippen LogP contribution in [-0.4, -0.2) is 49.2 Å². The fraction of sp³-hybridized carbons (Fsp3) is 0.368. The lowest BCUT2D eigenvalue weighted by Gasteiger charge is -2.30. The fourth-order valence-electron chi connectivity index (χ4n) is 3.23. The lowest BCUT2D eigenvalue weighted by atomic mass is 9.94. The van der Waals surface area contributed by atoms with E-state index in [9.17, 15) is 17.6 Å². The van der Waals surface area contributed by atoms with E-state index in [0.717, 1.165) is 26.7 Å². The van der Waals surface area contributed by atoms with E-state index < -0.39 is 16.0 Å². The van der Waals surface area contributed by atoms with E-state index in [1.54, 1.807) is 23.2 Å². The zero-order valence-electron chi connectivity index (χ0n) is 16.1. The molecule has 7 nitrogen and oxygen atoms in total. The Morgan fingerprint density at radius 1 is 1.32 bits per heavy atom. The van der Waals surface area contributed by atoms with E-state index >= 15 is 0 Å². The van der Waals surface area contributed by atoms with Crippen molar-refractivity contribution in [1.29, 1.82) is 0 Å². The number of halogens is 1. The first kappa shape index (κ1) is 20.4. The maximum Gasteiger partial charge on any atom is 0.279 e. The number of benzene rings is 1. The number of amides is 1. The number of nitrogens with one attached hydrogen (secondary N) is 1. The van der Waals surface area contributed by atoms with E-state index in [2.05, 4.69) is 9.71 Å². The lowest BCUT2D eigenvalue weighted by Crippen LogP contribution is -2.38. The number of aromatic nitrogens is 1. The van der Waals surface area contributed by atoms with Gasteiger partial charge in [0, 0.05) is 45.6 Å². The van der Waals surface area contributed by atoms with E-state index in [0.29, 0.717) is 19.5 Å². The zero-order chi connectivity index (χ0) is 20.5. The van der Waals surface area contributed by atoms with E-state index in [1.165, 1.54) is 26.2 Å². The fourth-order valence-corrected chi connectivity index (χ4v) is 3.81. The quantitative estimate of drug-likeness (QED) is 0.818. The van der Waals surface area contributed by atoms with Gasteiger partial charge in [-0.3, -0.25) is 9.78 Å². The van der Waals surface area contributed by atoms with Crippen LogP contribution in [0, 0.1) is 12.7 Å². The smallest absolute Gasteiger partial charge is 0.279 e. The number of hydrogen-bond acceptors (Lipinski definition) is 4. The molecule has 0 atom stereocenters. The third kappa shape index (κ3) is 4.06. The first-order valence-corrected chi connectivity index (χ1v) is 10.3. The van der Waals surface area contributed by atoms with Crippen LogP contribution in [0.5, 0.6) is 0 Å². The van der Waals surface area contributed by atoms with Crippen LogP contribution in [0.1, 0.15) is 32.7 Å². The van der Waals surface area contributed by atoms with Gasteiger partial charge in [0.15, 0.2) is 0 Å². The second kappa shape index (κ2) is 7.94. The van der Waals surface area contributed by atoms with Crippen LogP contribution < -0.4 is 4.72 Å². The number of rotatable bonds is 5. The Bertz CT molecular complexity index is 1010. The van der Waals surface area contributed by atoms with Gasteiger partial charge in [-0.25, -0.2) is 4.39 Å². The molecular weight excluding hydrogens is 383 g/mol. The Morgan fingerprint density at radius 2 is 2.04 bits per heavy atom. The molecule has 0 radical (unpaired) electrons. The van der Waals surface area contributed by atoms with Gasteiger partial charge in [0.2, 0.25) is 0 Å². The predicted octanol–water partition coefficient (Wildman–Crippen LogP) is 1.62. The van der Waals surface area contributed by atoms with Crippen molar-refractivity contribution in [1.82, 2.24) is 18.9 Å². The summed E-state index contributed by atoms with van der Waals surface area (Å²) >= 11 is 0. The molecule has 28 heavy (non-hydrogen) atoms. The van der Waals surface area contributed by atoms with Crippen LogP contribution in [0.25, 0.3) is 0 Å². The minimum Gasteiger partial charge on any atom is -0.334 e. The minimum atomic E-state index is -3.56. The monoisotopic (exact) mass is 406 g/mol. The van der Waals surface area contributed by atoms with Gasteiger partial charge in [-0.05, 0) is 42.2 Å². The number of carbonyl (C=O) groups is 1. The number of hydrogen-bond donors (Lipinski definition) is 1. The molecule has 0 fully saturated rings. The SMILES string of the molecule is Cc1ncc2c(c1CNS(=O)(=O)N(C)C)CCN(C(=O)c1ccccc1F)C2. The molecule has 2 heterocycles. The lowest BCUT2D eigenvalue weighted by molar-refractivity contribution is 0.0729. The number of nitrogens with zero attached hydrogens (tertiary/aromatic N) is 3. The van der Waals surface area contributed by atoms with Gasteiger partial charge in [-0.1, -0.05) is 12.1 Å². The number of pyridine rings is 1. The Labute approximate surface area is 164 Å². The summed E-state index contributed by atoms with van der Waals surface area (Å²) in [4.78, 5) is 18.6. The summed E-state index contributed by atoms with van der Waals surface area (Å²) in [6.07, 6.45) is 2.26. The van der Waals surface area contributed by atoms with E-state index in [-0.39, 0.29) is 18.0 Å². The van der Waals surface area contributed by atoms with Crippen molar-refractivity contribution in [3.05, 3.63) is 64.2 Å². The summed E-state index contributed by atoms with van der Waals surface area (Å²) in [6, 6.07) is 5.92. The maximum atomic E-state index is 14.0.